The first kappa shape index (κ1) is 15.3. The quantitative estimate of drug-likeness (QED) is 0.828. The highest BCUT2D eigenvalue weighted by Crippen LogP contribution is 2.21. The number of carbonyl (C=O) groups excluding carboxylic acids is 2. The van der Waals surface area contributed by atoms with E-state index in [4.69, 9.17) is 0 Å². The molecule has 2 aromatic carbocycles. The van der Waals surface area contributed by atoms with Gasteiger partial charge in [0, 0.05) is 10.2 Å². The molecule has 0 aliphatic heterocycles. The predicted octanol–water partition coefficient (Wildman–Crippen LogP) is 3.72. The van der Waals surface area contributed by atoms with Crippen molar-refractivity contribution in [1.29, 1.82) is 0 Å². The average molecular weight is 347 g/mol. The lowest BCUT2D eigenvalue weighted by Crippen LogP contribution is -2.21. The molecule has 108 valence electrons. The van der Waals surface area contributed by atoms with Crippen LogP contribution in [0.2, 0.25) is 0 Å². The van der Waals surface area contributed by atoms with Crippen LogP contribution in [0.5, 0.6) is 0 Å². The van der Waals surface area contributed by atoms with Gasteiger partial charge < -0.3 is 10.6 Å². The summed E-state index contributed by atoms with van der Waals surface area (Å²) in [4.78, 5) is 23.7. The van der Waals surface area contributed by atoms with E-state index in [1.165, 1.54) is 0 Å². The Hall–Kier alpha value is -2.14. The molecule has 0 aliphatic carbocycles. The Morgan fingerprint density at radius 1 is 0.905 bits per heavy atom. The third kappa shape index (κ3) is 4.43. The minimum atomic E-state index is -0.354. The van der Waals surface area contributed by atoms with Crippen molar-refractivity contribution in [3.8, 4) is 0 Å². The van der Waals surface area contributed by atoms with Crippen molar-refractivity contribution in [2.75, 3.05) is 10.6 Å². The third-order valence-corrected chi connectivity index (χ3v) is 3.58. The first-order valence-electron chi connectivity index (χ1n) is 6.46. The van der Waals surface area contributed by atoms with E-state index >= 15 is 0 Å². The molecule has 0 fully saturated rings. The van der Waals surface area contributed by atoms with Crippen LogP contribution >= 0.6 is 15.9 Å². The fourth-order valence-electron chi connectivity index (χ4n) is 1.81. The van der Waals surface area contributed by atoms with E-state index in [9.17, 15) is 9.59 Å². The molecule has 0 saturated carbocycles. The Morgan fingerprint density at radius 2 is 1.43 bits per heavy atom. The summed E-state index contributed by atoms with van der Waals surface area (Å²) in [7, 11) is 0. The number of benzene rings is 2. The maximum Gasteiger partial charge on any atom is 0.233 e. The van der Waals surface area contributed by atoms with Gasteiger partial charge in [-0.05, 0) is 46.6 Å². The first-order valence-corrected chi connectivity index (χ1v) is 7.25. The number of para-hydroxylation sites is 2. The van der Waals surface area contributed by atoms with Crippen molar-refractivity contribution >= 4 is 39.1 Å². The molecular formula is C16H15BrN2O2. The molecule has 2 rings (SSSR count). The van der Waals surface area contributed by atoms with E-state index in [0.717, 1.165) is 15.7 Å². The second-order valence-corrected chi connectivity index (χ2v) is 5.42. The predicted molar refractivity (Wildman–Crippen MR) is 87.2 cm³/mol. The van der Waals surface area contributed by atoms with Gasteiger partial charge in [-0.15, -0.1) is 0 Å². The van der Waals surface area contributed by atoms with E-state index in [-0.39, 0.29) is 18.2 Å². The van der Waals surface area contributed by atoms with Gasteiger partial charge in [0.25, 0.3) is 0 Å². The molecule has 0 aliphatic rings. The zero-order valence-electron chi connectivity index (χ0n) is 11.5. The Labute approximate surface area is 131 Å². The molecule has 0 bridgehead atoms. The van der Waals surface area contributed by atoms with E-state index in [2.05, 4.69) is 26.6 Å². The number of hydrogen-bond acceptors (Lipinski definition) is 2. The van der Waals surface area contributed by atoms with Crippen LogP contribution in [0.4, 0.5) is 11.4 Å². The number of rotatable bonds is 4. The van der Waals surface area contributed by atoms with Gasteiger partial charge in [0.15, 0.2) is 0 Å². The van der Waals surface area contributed by atoms with Crippen LogP contribution in [0.25, 0.3) is 0 Å². The normalized spacial score (nSPS) is 10.0. The summed E-state index contributed by atoms with van der Waals surface area (Å²) >= 11 is 3.34. The number of hydrogen-bond donors (Lipinski definition) is 2. The molecule has 21 heavy (non-hydrogen) atoms. The summed E-state index contributed by atoms with van der Waals surface area (Å²) in [6.07, 6.45) is -0.227. The topological polar surface area (TPSA) is 58.2 Å². The zero-order chi connectivity index (χ0) is 15.2. The third-order valence-electron chi connectivity index (χ3n) is 2.89. The van der Waals surface area contributed by atoms with Crippen molar-refractivity contribution in [2.24, 2.45) is 0 Å². The monoisotopic (exact) mass is 346 g/mol. The van der Waals surface area contributed by atoms with Crippen LogP contribution in [0.3, 0.4) is 0 Å². The van der Waals surface area contributed by atoms with Gasteiger partial charge in [0.2, 0.25) is 11.8 Å². The first-order chi connectivity index (χ1) is 10.1. The highest BCUT2D eigenvalue weighted by molar-refractivity contribution is 9.10. The second-order valence-electron chi connectivity index (χ2n) is 4.57. The number of carbonyl (C=O) groups is 2. The molecule has 0 aromatic heterocycles. The highest BCUT2D eigenvalue weighted by Gasteiger charge is 2.11. The zero-order valence-corrected chi connectivity index (χ0v) is 13.1. The van der Waals surface area contributed by atoms with Crippen molar-refractivity contribution in [2.45, 2.75) is 13.3 Å². The van der Waals surface area contributed by atoms with E-state index in [0.29, 0.717) is 5.69 Å². The molecule has 2 amide bonds. The Balaban J connectivity index is 1.93. The Kier molecular flexibility index (Phi) is 5.11. The van der Waals surface area contributed by atoms with Gasteiger partial charge in [-0.1, -0.05) is 30.3 Å². The van der Waals surface area contributed by atoms with Crippen LogP contribution in [0.1, 0.15) is 12.0 Å². The van der Waals surface area contributed by atoms with Gasteiger partial charge in [-0.25, -0.2) is 0 Å². The lowest BCUT2D eigenvalue weighted by molar-refractivity contribution is -0.123. The summed E-state index contributed by atoms with van der Waals surface area (Å²) in [6.45, 7) is 1.90. The van der Waals surface area contributed by atoms with Crippen LogP contribution in [-0.2, 0) is 9.59 Å². The van der Waals surface area contributed by atoms with E-state index in [1.807, 2.05) is 43.3 Å². The highest BCUT2D eigenvalue weighted by atomic mass is 79.9. The molecule has 2 aromatic rings. The molecular weight excluding hydrogens is 332 g/mol. The van der Waals surface area contributed by atoms with E-state index < -0.39 is 0 Å². The Morgan fingerprint density at radius 3 is 2.05 bits per heavy atom. The molecule has 0 unspecified atom stereocenters. The SMILES string of the molecule is Cc1ccccc1NC(=O)CC(=O)Nc1ccccc1Br. The second kappa shape index (κ2) is 7.04. The largest absolute Gasteiger partial charge is 0.325 e. The lowest BCUT2D eigenvalue weighted by atomic mass is 10.2. The fraction of sp³-hybridized carbons (Fsp3) is 0.125. The maximum absolute atomic E-state index is 11.9. The van der Waals surface area contributed by atoms with Crippen molar-refractivity contribution in [3.05, 3.63) is 58.6 Å². The maximum atomic E-state index is 11.9. The molecule has 0 saturated heterocycles. The summed E-state index contributed by atoms with van der Waals surface area (Å²) in [5.41, 5.74) is 2.32. The molecule has 0 atom stereocenters. The van der Waals surface area contributed by atoms with Gasteiger partial charge in [-0.2, -0.15) is 0 Å². The van der Waals surface area contributed by atoms with Gasteiger partial charge in [0.05, 0.1) is 5.69 Å². The number of anilines is 2. The average Bonchev–Trinajstić information content (AvgIpc) is 2.44. The van der Waals surface area contributed by atoms with Crippen LogP contribution in [0.15, 0.2) is 53.0 Å². The van der Waals surface area contributed by atoms with Crippen LogP contribution in [0, 0.1) is 6.92 Å². The molecule has 0 heterocycles. The molecule has 0 radical (unpaired) electrons. The van der Waals surface area contributed by atoms with Crippen LogP contribution in [-0.4, -0.2) is 11.8 Å². The fourth-order valence-corrected chi connectivity index (χ4v) is 2.19. The molecule has 2 N–H and O–H groups in total. The van der Waals surface area contributed by atoms with Crippen LogP contribution < -0.4 is 10.6 Å². The Bertz CT molecular complexity index is 613. The minimum absolute atomic E-state index is 0.227. The summed E-state index contributed by atoms with van der Waals surface area (Å²) in [5, 5.41) is 5.42. The van der Waals surface area contributed by atoms with Crippen molar-refractivity contribution < 1.29 is 9.59 Å². The number of amides is 2. The smallest absolute Gasteiger partial charge is 0.233 e. The molecule has 4 nitrogen and oxygen atoms in total. The lowest BCUT2D eigenvalue weighted by Gasteiger charge is -2.09. The standard InChI is InChI=1S/C16H15BrN2O2/c1-11-6-2-4-8-13(11)18-15(20)10-16(21)19-14-9-5-3-7-12(14)17/h2-9H,10H2,1H3,(H,18,20)(H,19,21). The number of nitrogens with one attached hydrogen (secondary N) is 2. The van der Waals surface area contributed by atoms with E-state index in [1.54, 1.807) is 12.1 Å². The number of aryl methyl sites for hydroxylation is 1. The summed E-state index contributed by atoms with van der Waals surface area (Å²) in [6, 6.07) is 14.7. The van der Waals surface area contributed by atoms with Crippen molar-refractivity contribution in [3.63, 3.8) is 0 Å². The summed E-state index contributed by atoms with van der Waals surface area (Å²) < 4.78 is 0.776. The number of halogens is 1. The minimum Gasteiger partial charge on any atom is -0.325 e. The van der Waals surface area contributed by atoms with Gasteiger partial charge in [0.1, 0.15) is 6.42 Å². The molecule has 0 spiro atoms. The van der Waals surface area contributed by atoms with Gasteiger partial charge >= 0.3 is 0 Å². The van der Waals surface area contributed by atoms with Crippen molar-refractivity contribution in [1.82, 2.24) is 0 Å². The summed E-state index contributed by atoms with van der Waals surface area (Å²) in [5.74, 6) is -0.693. The molecule has 5 heteroatoms. The van der Waals surface area contributed by atoms with Gasteiger partial charge in [-0.3, -0.25) is 9.59 Å².